The smallest absolute Gasteiger partial charge is 0.289 e. The highest BCUT2D eigenvalue weighted by atomic mass is 32.2. The summed E-state index contributed by atoms with van der Waals surface area (Å²) in [4.78, 5) is 25.0. The van der Waals surface area contributed by atoms with E-state index in [-0.39, 0.29) is 11.8 Å². The van der Waals surface area contributed by atoms with Crippen LogP contribution in [-0.4, -0.2) is 42.6 Å². The van der Waals surface area contributed by atoms with Crippen LogP contribution in [0.3, 0.4) is 0 Å². The van der Waals surface area contributed by atoms with Crippen molar-refractivity contribution in [3.05, 3.63) is 23.7 Å². The summed E-state index contributed by atoms with van der Waals surface area (Å²) in [6, 6.07) is 3.53. The molecule has 1 aromatic rings. The van der Waals surface area contributed by atoms with Crippen molar-refractivity contribution in [1.29, 1.82) is 0 Å². The average molecular weight is 268 g/mol. The van der Waals surface area contributed by atoms with Gasteiger partial charge in [-0.25, -0.2) is 0 Å². The van der Waals surface area contributed by atoms with Crippen molar-refractivity contribution in [2.24, 2.45) is 0 Å². The Morgan fingerprint density at radius 1 is 1.50 bits per heavy atom. The molecule has 2 amide bonds. The Kier molecular flexibility index (Phi) is 4.30. The van der Waals surface area contributed by atoms with Gasteiger partial charge in [0.1, 0.15) is 5.76 Å². The second-order valence-electron chi connectivity index (χ2n) is 4.09. The van der Waals surface area contributed by atoms with Gasteiger partial charge in [-0.1, -0.05) is 0 Å². The molecule has 0 bridgehead atoms. The molecule has 0 radical (unpaired) electrons. The number of furan rings is 1. The first-order valence-electron chi connectivity index (χ1n) is 5.84. The molecule has 18 heavy (non-hydrogen) atoms. The maximum atomic E-state index is 12.2. The molecule has 0 spiro atoms. The van der Waals surface area contributed by atoms with Crippen LogP contribution in [0.25, 0.3) is 0 Å². The predicted octanol–water partition coefficient (Wildman–Crippen LogP) is 1.10. The van der Waals surface area contributed by atoms with E-state index in [0.717, 1.165) is 11.5 Å². The van der Waals surface area contributed by atoms with E-state index in [4.69, 9.17) is 4.42 Å². The highest BCUT2D eigenvalue weighted by Crippen LogP contribution is 2.15. The number of rotatable bonds is 3. The van der Waals surface area contributed by atoms with Gasteiger partial charge in [0.15, 0.2) is 5.76 Å². The van der Waals surface area contributed by atoms with Gasteiger partial charge >= 0.3 is 0 Å². The molecule has 1 fully saturated rings. The monoisotopic (exact) mass is 268 g/mol. The summed E-state index contributed by atoms with van der Waals surface area (Å²) in [5, 5.41) is 2.74. The fraction of sp³-hybridized carbons (Fsp3) is 0.500. The van der Waals surface area contributed by atoms with E-state index in [9.17, 15) is 9.59 Å². The summed E-state index contributed by atoms with van der Waals surface area (Å²) in [5.41, 5.74) is 0. The number of hydrogen-bond acceptors (Lipinski definition) is 4. The van der Waals surface area contributed by atoms with Gasteiger partial charge in [0, 0.05) is 26.1 Å². The normalized spacial score (nSPS) is 16.3. The minimum atomic E-state index is -0.140. The molecule has 1 aliphatic heterocycles. The first kappa shape index (κ1) is 13.0. The van der Waals surface area contributed by atoms with Crippen molar-refractivity contribution < 1.29 is 14.0 Å². The van der Waals surface area contributed by atoms with Gasteiger partial charge in [-0.3, -0.25) is 9.59 Å². The van der Waals surface area contributed by atoms with E-state index < -0.39 is 0 Å². The molecule has 0 aliphatic carbocycles. The highest BCUT2D eigenvalue weighted by Gasteiger charge is 2.22. The number of thioether (sulfide) groups is 1. The lowest BCUT2D eigenvalue weighted by atomic mass is 10.3. The molecule has 0 atom stereocenters. The third-order valence-electron chi connectivity index (χ3n) is 2.76. The SMILES string of the molecule is CSCc1ccc(C(=O)N2CCNC(=O)CC2)o1. The maximum Gasteiger partial charge on any atom is 0.289 e. The van der Waals surface area contributed by atoms with Gasteiger partial charge in [-0.05, 0) is 18.4 Å². The molecule has 0 saturated carbocycles. The second-order valence-corrected chi connectivity index (χ2v) is 4.96. The summed E-state index contributed by atoms with van der Waals surface area (Å²) >= 11 is 1.65. The van der Waals surface area contributed by atoms with Crippen LogP contribution in [0.1, 0.15) is 22.7 Å². The summed E-state index contributed by atoms with van der Waals surface area (Å²) in [6.45, 7) is 1.48. The number of nitrogens with zero attached hydrogens (tertiary/aromatic N) is 1. The summed E-state index contributed by atoms with van der Waals surface area (Å²) < 4.78 is 5.49. The van der Waals surface area contributed by atoms with Crippen LogP contribution in [0.15, 0.2) is 16.5 Å². The molecule has 0 aromatic carbocycles. The van der Waals surface area contributed by atoms with Crippen molar-refractivity contribution >= 4 is 23.6 Å². The molecule has 1 N–H and O–H groups in total. The van der Waals surface area contributed by atoms with Crippen LogP contribution in [0.5, 0.6) is 0 Å². The Balaban J connectivity index is 2.02. The van der Waals surface area contributed by atoms with E-state index >= 15 is 0 Å². The molecule has 5 nitrogen and oxygen atoms in total. The number of amides is 2. The Bertz CT molecular complexity index is 444. The molecular formula is C12H16N2O3S. The Labute approximate surface area is 110 Å². The van der Waals surface area contributed by atoms with E-state index in [2.05, 4.69) is 5.32 Å². The number of carbonyl (C=O) groups excluding carboxylic acids is 2. The lowest BCUT2D eigenvalue weighted by Crippen LogP contribution is -2.34. The van der Waals surface area contributed by atoms with E-state index in [1.807, 2.05) is 12.3 Å². The van der Waals surface area contributed by atoms with Crippen LogP contribution in [-0.2, 0) is 10.5 Å². The summed E-state index contributed by atoms with van der Waals surface area (Å²) in [6.07, 6.45) is 2.33. The summed E-state index contributed by atoms with van der Waals surface area (Å²) in [7, 11) is 0. The summed E-state index contributed by atoms with van der Waals surface area (Å²) in [5.74, 6) is 1.77. The number of nitrogens with one attached hydrogen (secondary N) is 1. The van der Waals surface area contributed by atoms with Gasteiger partial charge < -0.3 is 14.6 Å². The Morgan fingerprint density at radius 3 is 3.11 bits per heavy atom. The minimum Gasteiger partial charge on any atom is -0.455 e. The van der Waals surface area contributed by atoms with Gasteiger partial charge in [-0.15, -0.1) is 0 Å². The molecule has 0 unspecified atom stereocenters. The van der Waals surface area contributed by atoms with Gasteiger partial charge in [-0.2, -0.15) is 11.8 Å². The third kappa shape index (κ3) is 3.07. The number of carbonyl (C=O) groups is 2. The van der Waals surface area contributed by atoms with Crippen molar-refractivity contribution in [3.63, 3.8) is 0 Å². The molecule has 2 heterocycles. The fourth-order valence-corrected chi connectivity index (χ4v) is 2.28. The highest BCUT2D eigenvalue weighted by molar-refractivity contribution is 7.97. The Hall–Kier alpha value is -1.43. The average Bonchev–Trinajstić information content (AvgIpc) is 2.71. The zero-order valence-electron chi connectivity index (χ0n) is 10.3. The molecule has 2 rings (SSSR count). The molecule has 98 valence electrons. The molecular weight excluding hydrogens is 252 g/mol. The van der Waals surface area contributed by atoms with Crippen LogP contribution in [0.4, 0.5) is 0 Å². The van der Waals surface area contributed by atoms with Crippen LogP contribution in [0.2, 0.25) is 0 Å². The van der Waals surface area contributed by atoms with Gasteiger partial charge in [0.05, 0.1) is 5.75 Å². The van der Waals surface area contributed by atoms with Crippen molar-refractivity contribution in [2.45, 2.75) is 12.2 Å². The van der Waals surface area contributed by atoms with E-state index in [0.29, 0.717) is 31.8 Å². The topological polar surface area (TPSA) is 62.6 Å². The second kappa shape index (κ2) is 5.95. The Morgan fingerprint density at radius 2 is 2.33 bits per heavy atom. The van der Waals surface area contributed by atoms with Gasteiger partial charge in [0.2, 0.25) is 5.91 Å². The zero-order chi connectivity index (χ0) is 13.0. The molecule has 1 saturated heterocycles. The standard InChI is InChI=1S/C12H16N2O3S/c1-18-8-9-2-3-10(17-9)12(16)14-6-4-11(15)13-5-7-14/h2-3H,4-8H2,1H3,(H,13,15). The quantitative estimate of drug-likeness (QED) is 0.892. The van der Waals surface area contributed by atoms with Crippen LogP contribution >= 0.6 is 11.8 Å². The molecule has 1 aliphatic rings. The third-order valence-corrected chi connectivity index (χ3v) is 3.33. The first-order valence-corrected chi connectivity index (χ1v) is 7.23. The zero-order valence-corrected chi connectivity index (χ0v) is 11.1. The van der Waals surface area contributed by atoms with Crippen LogP contribution < -0.4 is 5.32 Å². The minimum absolute atomic E-state index is 0.00665. The predicted molar refractivity (Wildman–Crippen MR) is 69.5 cm³/mol. The molecule has 6 heteroatoms. The van der Waals surface area contributed by atoms with Crippen molar-refractivity contribution in [1.82, 2.24) is 10.2 Å². The van der Waals surface area contributed by atoms with E-state index in [1.165, 1.54) is 0 Å². The largest absolute Gasteiger partial charge is 0.455 e. The van der Waals surface area contributed by atoms with Crippen LogP contribution in [0, 0.1) is 0 Å². The maximum absolute atomic E-state index is 12.2. The van der Waals surface area contributed by atoms with Crippen molar-refractivity contribution in [3.8, 4) is 0 Å². The lowest BCUT2D eigenvalue weighted by Gasteiger charge is -2.17. The molecule has 1 aromatic heterocycles. The van der Waals surface area contributed by atoms with Gasteiger partial charge in [0.25, 0.3) is 5.91 Å². The number of hydrogen-bond donors (Lipinski definition) is 1. The fourth-order valence-electron chi connectivity index (χ4n) is 1.84. The van der Waals surface area contributed by atoms with E-state index in [1.54, 1.807) is 22.7 Å². The lowest BCUT2D eigenvalue weighted by molar-refractivity contribution is -0.120. The van der Waals surface area contributed by atoms with Crippen molar-refractivity contribution in [2.75, 3.05) is 25.9 Å². The first-order chi connectivity index (χ1) is 8.70.